The van der Waals surface area contributed by atoms with E-state index in [1.54, 1.807) is 0 Å². The van der Waals surface area contributed by atoms with Gasteiger partial charge in [0, 0.05) is 0 Å². The van der Waals surface area contributed by atoms with E-state index in [0.29, 0.717) is 6.61 Å². The molecule has 0 fully saturated rings. The summed E-state index contributed by atoms with van der Waals surface area (Å²) in [5.74, 6) is 0.871. The molecule has 0 bridgehead atoms. The van der Waals surface area contributed by atoms with Crippen molar-refractivity contribution in [3.05, 3.63) is 29.3 Å². The second-order valence-electron chi connectivity index (χ2n) is 3.83. The molecule has 0 atom stereocenters. The number of rotatable bonds is 6. The number of benzene rings is 1. The predicted octanol–water partition coefficient (Wildman–Crippen LogP) is 2.71. The smallest absolute Gasteiger partial charge is 0.119 e. The molecule has 0 unspecified atom stereocenters. The Balaban J connectivity index is 2.66. The summed E-state index contributed by atoms with van der Waals surface area (Å²) in [5.41, 5.74) is 2.54. The van der Waals surface area contributed by atoms with Gasteiger partial charge in [-0.05, 0) is 43.0 Å². The van der Waals surface area contributed by atoms with Crippen LogP contribution in [-0.2, 0) is 6.42 Å². The van der Waals surface area contributed by atoms with Crippen LogP contribution in [0.15, 0.2) is 18.2 Å². The van der Waals surface area contributed by atoms with Crippen LogP contribution < -0.4 is 4.74 Å². The Kier molecular flexibility index (Phi) is 5.19. The van der Waals surface area contributed by atoms with Crippen molar-refractivity contribution in [3.63, 3.8) is 0 Å². The van der Waals surface area contributed by atoms with E-state index in [1.807, 2.05) is 6.07 Å². The third-order valence-electron chi connectivity index (χ3n) is 2.29. The molecule has 0 aliphatic rings. The maximum atomic E-state index is 8.68. The summed E-state index contributed by atoms with van der Waals surface area (Å²) >= 11 is 0. The Hall–Kier alpha value is -1.02. The zero-order chi connectivity index (χ0) is 11.1. The van der Waals surface area contributed by atoms with E-state index in [-0.39, 0.29) is 6.61 Å². The van der Waals surface area contributed by atoms with Gasteiger partial charge in [-0.25, -0.2) is 0 Å². The molecule has 2 heteroatoms. The lowest BCUT2D eigenvalue weighted by atomic mass is 10.1. The van der Waals surface area contributed by atoms with Crippen molar-refractivity contribution < 1.29 is 9.84 Å². The quantitative estimate of drug-likeness (QED) is 0.779. The molecular formula is C13H20O2. The van der Waals surface area contributed by atoms with Gasteiger partial charge >= 0.3 is 0 Å². The van der Waals surface area contributed by atoms with Crippen molar-refractivity contribution in [2.45, 2.75) is 33.1 Å². The summed E-state index contributed by atoms with van der Waals surface area (Å²) in [6.45, 7) is 4.70. The standard InChI is InChI=1S/C13H20O2/c1-3-4-5-12-8-11(2)9-13(10-12)15-7-6-14/h8-10,14H,3-7H2,1-2H3. The number of aliphatic hydroxyl groups excluding tert-OH is 1. The average molecular weight is 208 g/mol. The van der Waals surface area contributed by atoms with Crippen LogP contribution in [0.2, 0.25) is 0 Å². The van der Waals surface area contributed by atoms with Crippen LogP contribution in [0.3, 0.4) is 0 Å². The van der Waals surface area contributed by atoms with E-state index < -0.39 is 0 Å². The first kappa shape index (κ1) is 12.1. The molecule has 1 aromatic rings. The normalized spacial score (nSPS) is 10.3. The van der Waals surface area contributed by atoms with Gasteiger partial charge in [0.05, 0.1) is 6.61 Å². The number of aryl methyl sites for hydroxylation is 2. The molecule has 0 radical (unpaired) electrons. The van der Waals surface area contributed by atoms with Crippen molar-refractivity contribution in [1.29, 1.82) is 0 Å². The van der Waals surface area contributed by atoms with Crippen LogP contribution in [0.5, 0.6) is 5.75 Å². The van der Waals surface area contributed by atoms with Crippen LogP contribution in [0, 0.1) is 6.92 Å². The molecule has 0 heterocycles. The van der Waals surface area contributed by atoms with Crippen LogP contribution >= 0.6 is 0 Å². The summed E-state index contributed by atoms with van der Waals surface area (Å²) in [6, 6.07) is 6.27. The summed E-state index contributed by atoms with van der Waals surface area (Å²) in [4.78, 5) is 0. The molecule has 0 aromatic heterocycles. The third-order valence-corrected chi connectivity index (χ3v) is 2.29. The van der Waals surface area contributed by atoms with Crippen molar-refractivity contribution in [2.75, 3.05) is 13.2 Å². The molecular weight excluding hydrogens is 188 g/mol. The highest BCUT2D eigenvalue weighted by Crippen LogP contribution is 2.18. The van der Waals surface area contributed by atoms with E-state index >= 15 is 0 Å². The third kappa shape index (κ3) is 4.34. The first-order valence-electron chi connectivity index (χ1n) is 5.60. The predicted molar refractivity (Wildman–Crippen MR) is 62.4 cm³/mol. The molecule has 0 saturated carbocycles. The number of hydrogen-bond donors (Lipinski definition) is 1. The minimum absolute atomic E-state index is 0.0677. The zero-order valence-electron chi connectivity index (χ0n) is 9.62. The first-order chi connectivity index (χ1) is 7.26. The van der Waals surface area contributed by atoms with E-state index in [0.717, 1.165) is 12.2 Å². The molecule has 0 aliphatic carbocycles. The second-order valence-corrected chi connectivity index (χ2v) is 3.83. The SMILES string of the molecule is CCCCc1cc(C)cc(OCCO)c1. The number of hydrogen-bond acceptors (Lipinski definition) is 2. The Morgan fingerprint density at radius 1 is 1.27 bits per heavy atom. The minimum Gasteiger partial charge on any atom is -0.491 e. The average Bonchev–Trinajstić information content (AvgIpc) is 2.23. The summed E-state index contributed by atoms with van der Waals surface area (Å²) in [7, 11) is 0. The second kappa shape index (κ2) is 6.46. The number of ether oxygens (including phenoxy) is 1. The maximum Gasteiger partial charge on any atom is 0.119 e. The van der Waals surface area contributed by atoms with Gasteiger partial charge in [-0.3, -0.25) is 0 Å². The number of aliphatic hydroxyl groups is 1. The van der Waals surface area contributed by atoms with Crippen molar-refractivity contribution >= 4 is 0 Å². The molecule has 0 amide bonds. The van der Waals surface area contributed by atoms with E-state index in [2.05, 4.69) is 26.0 Å². The number of unbranched alkanes of at least 4 members (excludes halogenated alkanes) is 1. The van der Waals surface area contributed by atoms with Crippen LogP contribution in [0.4, 0.5) is 0 Å². The maximum absolute atomic E-state index is 8.68. The van der Waals surface area contributed by atoms with Crippen LogP contribution in [0.1, 0.15) is 30.9 Å². The lowest BCUT2D eigenvalue weighted by molar-refractivity contribution is 0.201. The van der Waals surface area contributed by atoms with Gasteiger partial charge < -0.3 is 9.84 Å². The highest BCUT2D eigenvalue weighted by atomic mass is 16.5. The molecule has 0 spiro atoms. The van der Waals surface area contributed by atoms with Gasteiger partial charge in [0.1, 0.15) is 12.4 Å². The molecule has 1 aromatic carbocycles. The molecule has 1 rings (SSSR count). The van der Waals surface area contributed by atoms with E-state index in [4.69, 9.17) is 9.84 Å². The molecule has 84 valence electrons. The van der Waals surface area contributed by atoms with E-state index in [1.165, 1.54) is 24.0 Å². The topological polar surface area (TPSA) is 29.5 Å². The van der Waals surface area contributed by atoms with Gasteiger partial charge in [-0.1, -0.05) is 19.4 Å². The minimum atomic E-state index is 0.0677. The fourth-order valence-corrected chi connectivity index (χ4v) is 1.60. The Morgan fingerprint density at radius 2 is 2.07 bits per heavy atom. The molecule has 15 heavy (non-hydrogen) atoms. The molecule has 2 nitrogen and oxygen atoms in total. The Labute approximate surface area is 91.9 Å². The van der Waals surface area contributed by atoms with Crippen LogP contribution in [-0.4, -0.2) is 18.3 Å². The summed E-state index contributed by atoms with van der Waals surface area (Å²) < 4.78 is 5.41. The summed E-state index contributed by atoms with van der Waals surface area (Å²) in [5, 5.41) is 8.68. The highest BCUT2D eigenvalue weighted by molar-refractivity contribution is 5.33. The molecule has 0 saturated heterocycles. The van der Waals surface area contributed by atoms with Gasteiger partial charge in [0.25, 0.3) is 0 Å². The van der Waals surface area contributed by atoms with Gasteiger partial charge in [-0.2, -0.15) is 0 Å². The van der Waals surface area contributed by atoms with E-state index in [9.17, 15) is 0 Å². The fraction of sp³-hybridized carbons (Fsp3) is 0.538. The first-order valence-corrected chi connectivity index (χ1v) is 5.60. The molecule has 1 N–H and O–H groups in total. The lowest BCUT2D eigenvalue weighted by Gasteiger charge is -2.08. The molecule has 0 aliphatic heterocycles. The van der Waals surface area contributed by atoms with Gasteiger partial charge in [0.2, 0.25) is 0 Å². The monoisotopic (exact) mass is 208 g/mol. The Bertz CT molecular complexity index is 268. The zero-order valence-corrected chi connectivity index (χ0v) is 9.62. The largest absolute Gasteiger partial charge is 0.491 e. The fourth-order valence-electron chi connectivity index (χ4n) is 1.60. The summed E-state index contributed by atoms with van der Waals surface area (Å²) in [6.07, 6.45) is 3.53. The lowest BCUT2D eigenvalue weighted by Crippen LogP contribution is -2.02. The van der Waals surface area contributed by atoms with Crippen LogP contribution in [0.25, 0.3) is 0 Å². The van der Waals surface area contributed by atoms with Crippen molar-refractivity contribution in [2.24, 2.45) is 0 Å². The Morgan fingerprint density at radius 3 is 2.73 bits per heavy atom. The van der Waals surface area contributed by atoms with Gasteiger partial charge in [0.15, 0.2) is 0 Å². The van der Waals surface area contributed by atoms with Gasteiger partial charge in [-0.15, -0.1) is 0 Å². The van der Waals surface area contributed by atoms with Crippen molar-refractivity contribution in [3.8, 4) is 5.75 Å². The van der Waals surface area contributed by atoms with Crippen molar-refractivity contribution in [1.82, 2.24) is 0 Å². The highest BCUT2D eigenvalue weighted by Gasteiger charge is 1.99.